The number of carbonyl (C=O) groups excluding carboxylic acids is 1. The molecular weight excluding hydrogens is 362 g/mol. The van der Waals surface area contributed by atoms with Gasteiger partial charge in [0.2, 0.25) is 17.6 Å². The molecule has 148 valence electrons. The van der Waals surface area contributed by atoms with Crippen molar-refractivity contribution in [2.75, 3.05) is 20.2 Å². The molecule has 1 N–H and O–H groups in total. The second kappa shape index (κ2) is 7.61. The summed E-state index contributed by atoms with van der Waals surface area (Å²) in [6.45, 7) is 0.845. The molecule has 2 fully saturated rings. The normalized spacial score (nSPS) is 21.7. The van der Waals surface area contributed by atoms with Crippen LogP contribution in [0.15, 0.2) is 28.8 Å². The monoisotopic (exact) mass is 385 g/mol. The number of hydrogen-bond donors (Lipinski definition) is 1. The van der Waals surface area contributed by atoms with Gasteiger partial charge in [0.1, 0.15) is 5.75 Å². The number of benzene rings is 1. The number of carboxylic acids is 1. The molecule has 1 amide bonds. The predicted molar refractivity (Wildman–Crippen MR) is 98.5 cm³/mol. The second-order valence-corrected chi connectivity index (χ2v) is 7.48. The van der Waals surface area contributed by atoms with Gasteiger partial charge in [-0.25, -0.2) is 0 Å². The Hall–Kier alpha value is -2.90. The Bertz CT molecular complexity index is 859. The minimum absolute atomic E-state index is 0.0569. The molecule has 4 rings (SSSR count). The van der Waals surface area contributed by atoms with Crippen LogP contribution < -0.4 is 4.74 Å². The topological polar surface area (TPSA) is 106 Å². The summed E-state index contributed by atoms with van der Waals surface area (Å²) in [5, 5.41) is 13.4. The van der Waals surface area contributed by atoms with Crippen LogP contribution in [-0.4, -0.2) is 52.2 Å². The van der Waals surface area contributed by atoms with Crippen molar-refractivity contribution in [2.24, 2.45) is 17.8 Å². The van der Waals surface area contributed by atoms with Crippen LogP contribution in [0.3, 0.4) is 0 Å². The SMILES string of the molecule is COc1ccc(-c2noc(CCC(=O)N3C[C@H](C(=O)O)[C@@H](C4CC4)C3)n2)cc1. The summed E-state index contributed by atoms with van der Waals surface area (Å²) < 4.78 is 10.4. The Morgan fingerprint density at radius 2 is 2.00 bits per heavy atom. The highest BCUT2D eigenvalue weighted by Gasteiger charge is 2.46. The van der Waals surface area contributed by atoms with Gasteiger partial charge in [-0.2, -0.15) is 4.98 Å². The van der Waals surface area contributed by atoms with Gasteiger partial charge in [-0.1, -0.05) is 5.16 Å². The van der Waals surface area contributed by atoms with Crippen molar-refractivity contribution in [1.82, 2.24) is 15.0 Å². The summed E-state index contributed by atoms with van der Waals surface area (Å²) in [5.41, 5.74) is 0.804. The Kier molecular flexibility index (Phi) is 5.02. The molecule has 1 saturated carbocycles. The second-order valence-electron chi connectivity index (χ2n) is 7.48. The third-order valence-corrected chi connectivity index (χ3v) is 5.63. The lowest BCUT2D eigenvalue weighted by Gasteiger charge is -2.15. The van der Waals surface area contributed by atoms with E-state index in [9.17, 15) is 14.7 Å². The summed E-state index contributed by atoms with van der Waals surface area (Å²) >= 11 is 0. The van der Waals surface area contributed by atoms with Crippen molar-refractivity contribution in [1.29, 1.82) is 0 Å². The largest absolute Gasteiger partial charge is 0.497 e. The minimum Gasteiger partial charge on any atom is -0.497 e. The third-order valence-electron chi connectivity index (χ3n) is 5.63. The van der Waals surface area contributed by atoms with E-state index in [1.807, 2.05) is 24.3 Å². The first kappa shape index (κ1) is 18.5. The molecule has 1 aromatic carbocycles. The van der Waals surface area contributed by atoms with E-state index in [0.717, 1.165) is 24.2 Å². The van der Waals surface area contributed by atoms with Crippen LogP contribution in [0.1, 0.15) is 25.2 Å². The highest BCUT2D eigenvalue weighted by molar-refractivity contribution is 5.79. The fraction of sp³-hybridized carbons (Fsp3) is 0.500. The number of carbonyl (C=O) groups is 2. The number of carboxylic acid groups (broad SMARTS) is 1. The maximum Gasteiger partial charge on any atom is 0.308 e. The molecule has 8 nitrogen and oxygen atoms in total. The number of hydrogen-bond acceptors (Lipinski definition) is 6. The van der Waals surface area contributed by atoms with E-state index >= 15 is 0 Å². The van der Waals surface area contributed by atoms with Crippen LogP contribution >= 0.6 is 0 Å². The maximum atomic E-state index is 12.6. The van der Waals surface area contributed by atoms with E-state index in [-0.39, 0.29) is 18.2 Å². The summed E-state index contributed by atoms with van der Waals surface area (Å²) in [5.74, 6) is 0.854. The standard InChI is InChI=1S/C20H23N3O5/c1-27-14-6-4-13(5-7-14)19-21-17(28-22-19)8-9-18(24)23-10-15(12-2-3-12)16(11-23)20(25)26/h4-7,12,15-16H,2-3,8-11H2,1H3,(H,25,26)/t15-,16+/m1/s1. The van der Waals surface area contributed by atoms with Gasteiger partial charge in [0, 0.05) is 31.5 Å². The smallest absolute Gasteiger partial charge is 0.308 e. The number of aromatic nitrogens is 2. The molecule has 0 unspecified atom stereocenters. The van der Waals surface area contributed by atoms with E-state index in [2.05, 4.69) is 10.1 Å². The molecule has 0 spiro atoms. The molecule has 2 atom stereocenters. The van der Waals surface area contributed by atoms with Crippen molar-refractivity contribution in [2.45, 2.75) is 25.7 Å². The summed E-state index contributed by atoms with van der Waals surface area (Å²) in [4.78, 5) is 30.1. The zero-order valence-electron chi connectivity index (χ0n) is 15.7. The van der Waals surface area contributed by atoms with Crippen LogP contribution in [0.5, 0.6) is 5.75 Å². The number of aliphatic carboxylic acids is 1. The summed E-state index contributed by atoms with van der Waals surface area (Å²) in [7, 11) is 1.60. The number of ether oxygens (including phenoxy) is 1. The van der Waals surface area contributed by atoms with E-state index in [4.69, 9.17) is 9.26 Å². The van der Waals surface area contributed by atoms with Crippen molar-refractivity contribution in [3.63, 3.8) is 0 Å². The average Bonchev–Trinajstić information content (AvgIpc) is 3.27. The van der Waals surface area contributed by atoms with Crippen molar-refractivity contribution in [3.8, 4) is 17.1 Å². The molecule has 0 radical (unpaired) electrons. The molecular formula is C20H23N3O5. The Morgan fingerprint density at radius 1 is 1.25 bits per heavy atom. The van der Waals surface area contributed by atoms with Crippen molar-refractivity contribution >= 4 is 11.9 Å². The lowest BCUT2D eigenvalue weighted by Crippen LogP contribution is -2.30. The van der Waals surface area contributed by atoms with Crippen molar-refractivity contribution < 1.29 is 24.0 Å². The maximum absolute atomic E-state index is 12.6. The molecule has 8 heteroatoms. The number of aryl methyl sites for hydroxylation is 1. The Morgan fingerprint density at radius 3 is 2.64 bits per heavy atom. The van der Waals surface area contributed by atoms with Gasteiger partial charge in [0.25, 0.3) is 0 Å². The number of likely N-dealkylation sites (tertiary alicyclic amines) is 1. The highest BCUT2D eigenvalue weighted by atomic mass is 16.5. The molecule has 2 heterocycles. The van der Waals surface area contributed by atoms with E-state index in [0.29, 0.717) is 37.1 Å². The molecule has 2 aliphatic rings. The molecule has 1 aliphatic heterocycles. The van der Waals surface area contributed by atoms with Crippen molar-refractivity contribution in [3.05, 3.63) is 30.2 Å². The fourth-order valence-corrected chi connectivity index (χ4v) is 3.88. The van der Waals surface area contributed by atoms with Gasteiger partial charge in [-0.3, -0.25) is 9.59 Å². The predicted octanol–water partition coefficient (Wildman–Crippen LogP) is 2.25. The Labute approximate surface area is 162 Å². The molecule has 0 bridgehead atoms. The minimum atomic E-state index is -0.798. The van der Waals surface area contributed by atoms with Gasteiger partial charge >= 0.3 is 5.97 Å². The van der Waals surface area contributed by atoms with Gasteiger partial charge in [-0.05, 0) is 48.9 Å². The number of methoxy groups -OCH3 is 1. The van der Waals surface area contributed by atoms with Crippen LogP contribution in [-0.2, 0) is 16.0 Å². The molecule has 2 aromatic rings. The Balaban J connectivity index is 1.34. The van der Waals surface area contributed by atoms with Gasteiger partial charge in [0.05, 0.1) is 13.0 Å². The summed E-state index contributed by atoms with van der Waals surface area (Å²) in [6, 6.07) is 7.31. The lowest BCUT2D eigenvalue weighted by atomic mass is 9.92. The van der Waals surface area contributed by atoms with Crippen LogP contribution in [0.2, 0.25) is 0 Å². The number of nitrogens with zero attached hydrogens (tertiary/aromatic N) is 3. The van der Waals surface area contributed by atoms with Gasteiger partial charge < -0.3 is 19.3 Å². The van der Waals surface area contributed by atoms with E-state index < -0.39 is 11.9 Å². The lowest BCUT2D eigenvalue weighted by molar-refractivity contribution is -0.142. The van der Waals surface area contributed by atoms with Gasteiger partial charge in [-0.15, -0.1) is 0 Å². The molecule has 1 saturated heterocycles. The van der Waals surface area contributed by atoms with Crippen LogP contribution in [0, 0.1) is 17.8 Å². The fourth-order valence-electron chi connectivity index (χ4n) is 3.88. The first-order valence-corrected chi connectivity index (χ1v) is 9.52. The number of rotatable bonds is 7. The molecule has 1 aromatic heterocycles. The quantitative estimate of drug-likeness (QED) is 0.779. The zero-order chi connectivity index (χ0) is 19.7. The summed E-state index contributed by atoms with van der Waals surface area (Å²) in [6.07, 6.45) is 2.72. The highest BCUT2D eigenvalue weighted by Crippen LogP contribution is 2.44. The van der Waals surface area contributed by atoms with Crippen LogP contribution in [0.25, 0.3) is 11.4 Å². The van der Waals surface area contributed by atoms with E-state index in [1.165, 1.54) is 0 Å². The molecule has 28 heavy (non-hydrogen) atoms. The van der Waals surface area contributed by atoms with Crippen LogP contribution in [0.4, 0.5) is 0 Å². The van der Waals surface area contributed by atoms with Gasteiger partial charge in [0.15, 0.2) is 0 Å². The average molecular weight is 385 g/mol. The zero-order valence-corrected chi connectivity index (χ0v) is 15.7. The third kappa shape index (κ3) is 3.85. The number of amides is 1. The first-order valence-electron chi connectivity index (χ1n) is 9.52. The molecule has 1 aliphatic carbocycles. The first-order chi connectivity index (χ1) is 13.5. The van der Waals surface area contributed by atoms with E-state index in [1.54, 1.807) is 12.0 Å².